The highest BCUT2D eigenvalue weighted by molar-refractivity contribution is 5.67. The zero-order valence-electron chi connectivity index (χ0n) is 24.0. The van der Waals surface area contributed by atoms with Gasteiger partial charge in [-0.05, 0) is 129 Å². The molecular weight excluding hydrogens is 487 g/mol. The summed E-state index contributed by atoms with van der Waals surface area (Å²) in [5.74, 6) is 9.42. The van der Waals surface area contributed by atoms with Gasteiger partial charge in [0.15, 0.2) is 0 Å². The lowest BCUT2D eigenvalue weighted by Crippen LogP contribution is -2.29. The Morgan fingerprint density at radius 1 is 0.600 bits per heavy atom. The number of fused-ring (bicyclic) bond motifs is 1. The van der Waals surface area contributed by atoms with Crippen molar-refractivity contribution in [2.45, 2.75) is 71.1 Å². The fourth-order valence-corrected chi connectivity index (χ4v) is 7.08. The third kappa shape index (κ3) is 5.78. The van der Waals surface area contributed by atoms with E-state index < -0.39 is 0 Å². The van der Waals surface area contributed by atoms with E-state index in [1.165, 1.54) is 55.2 Å². The van der Waals surface area contributed by atoms with Crippen LogP contribution in [0, 0.1) is 50.3 Å². The van der Waals surface area contributed by atoms with Gasteiger partial charge in [-0.3, -0.25) is 0 Å². The van der Waals surface area contributed by atoms with Gasteiger partial charge in [0.25, 0.3) is 0 Å². The van der Waals surface area contributed by atoms with Crippen molar-refractivity contribution >= 4 is 0 Å². The van der Waals surface area contributed by atoms with Crippen LogP contribution >= 0.6 is 0 Å². The quantitative estimate of drug-likeness (QED) is 0.233. The van der Waals surface area contributed by atoms with Gasteiger partial charge in [-0.2, -0.15) is 0 Å². The van der Waals surface area contributed by atoms with E-state index in [2.05, 4.69) is 67.3 Å². The maximum absolute atomic E-state index is 15.0. The summed E-state index contributed by atoms with van der Waals surface area (Å²) in [7, 11) is 0. The highest BCUT2D eigenvalue weighted by Gasteiger charge is 2.36. The predicted octanol–water partition coefficient (Wildman–Crippen LogP) is 10.3. The van der Waals surface area contributed by atoms with Crippen molar-refractivity contribution in [3.63, 3.8) is 0 Å². The summed E-state index contributed by atoms with van der Waals surface area (Å²) < 4.78 is 15.0. The lowest BCUT2D eigenvalue weighted by Gasteiger charge is -2.42. The molecule has 2 saturated carbocycles. The molecule has 4 unspecified atom stereocenters. The molecule has 4 aromatic rings. The molecule has 6 rings (SSSR count). The Kier molecular flexibility index (Phi) is 7.62. The van der Waals surface area contributed by atoms with Crippen LogP contribution in [0.15, 0.2) is 84.9 Å². The van der Waals surface area contributed by atoms with Gasteiger partial charge in [0.1, 0.15) is 5.82 Å². The maximum atomic E-state index is 15.0. The maximum Gasteiger partial charge on any atom is 0.132 e. The van der Waals surface area contributed by atoms with E-state index in [1.807, 2.05) is 44.2 Å². The minimum Gasteiger partial charge on any atom is -0.206 e. The fourth-order valence-electron chi connectivity index (χ4n) is 7.08. The fraction of sp³-hybridized carbons (Fsp3) is 0.333. The topological polar surface area (TPSA) is 0 Å². The largest absolute Gasteiger partial charge is 0.206 e. The van der Waals surface area contributed by atoms with Crippen molar-refractivity contribution in [2.24, 2.45) is 11.8 Å². The number of aryl methyl sites for hydroxylation is 3. The Hall–Kier alpha value is -3.63. The van der Waals surface area contributed by atoms with Gasteiger partial charge in [0.05, 0.1) is 0 Å². The van der Waals surface area contributed by atoms with E-state index >= 15 is 0 Å². The van der Waals surface area contributed by atoms with Gasteiger partial charge in [0.2, 0.25) is 0 Å². The molecule has 0 radical (unpaired) electrons. The van der Waals surface area contributed by atoms with Crippen LogP contribution < -0.4 is 0 Å². The minimum atomic E-state index is -0.224. The van der Waals surface area contributed by atoms with Gasteiger partial charge >= 0.3 is 0 Å². The standard InChI is InChI=1S/C39H39F/c1-26-4-11-30(12-5-26)34-18-20-37-24-35(19-21-36(37)23-34)31-15-8-29(9-16-31)10-17-33-25-39(40)38(22-28(33)3)32-13-6-27(2)7-14-32/h4-9,11-16,22,25,34-37H,18-21,23-24H2,1-3H3. The van der Waals surface area contributed by atoms with Crippen molar-refractivity contribution < 1.29 is 4.39 Å². The Bertz CT molecular complexity index is 1530. The highest BCUT2D eigenvalue weighted by atomic mass is 19.1. The molecule has 0 amide bonds. The number of rotatable bonds is 3. The van der Waals surface area contributed by atoms with E-state index in [4.69, 9.17) is 0 Å². The van der Waals surface area contributed by atoms with Crippen LogP contribution in [0.25, 0.3) is 11.1 Å². The van der Waals surface area contributed by atoms with Gasteiger partial charge in [0, 0.05) is 16.7 Å². The summed E-state index contributed by atoms with van der Waals surface area (Å²) in [6.45, 7) is 6.22. The molecule has 40 heavy (non-hydrogen) atoms. The second-order valence-corrected chi connectivity index (χ2v) is 12.3. The summed E-state index contributed by atoms with van der Waals surface area (Å²) in [5.41, 5.74) is 9.78. The first-order valence-corrected chi connectivity index (χ1v) is 15.0. The van der Waals surface area contributed by atoms with E-state index in [0.717, 1.165) is 40.0 Å². The molecule has 4 aromatic carbocycles. The van der Waals surface area contributed by atoms with E-state index in [1.54, 1.807) is 11.6 Å². The molecule has 2 aliphatic rings. The molecule has 0 spiro atoms. The monoisotopic (exact) mass is 526 g/mol. The first kappa shape index (κ1) is 26.6. The average Bonchev–Trinajstić information content (AvgIpc) is 2.98. The zero-order chi connectivity index (χ0) is 27.6. The smallest absolute Gasteiger partial charge is 0.132 e. The van der Waals surface area contributed by atoms with Crippen LogP contribution in [-0.2, 0) is 0 Å². The molecule has 0 aromatic heterocycles. The predicted molar refractivity (Wildman–Crippen MR) is 165 cm³/mol. The lowest BCUT2D eigenvalue weighted by atomic mass is 9.63. The summed E-state index contributed by atoms with van der Waals surface area (Å²) in [6, 6.07) is 29.6. The Balaban J connectivity index is 1.09. The van der Waals surface area contributed by atoms with E-state index in [0.29, 0.717) is 11.5 Å². The molecule has 2 aliphatic carbocycles. The van der Waals surface area contributed by atoms with Crippen LogP contribution in [0.1, 0.15) is 89.3 Å². The highest BCUT2D eigenvalue weighted by Crippen LogP contribution is 2.49. The molecule has 2 fully saturated rings. The molecule has 0 N–H and O–H groups in total. The number of halogens is 1. The van der Waals surface area contributed by atoms with Crippen molar-refractivity contribution in [1.82, 2.24) is 0 Å². The molecule has 202 valence electrons. The number of benzene rings is 4. The molecular formula is C39H39F. The van der Waals surface area contributed by atoms with E-state index in [9.17, 15) is 4.39 Å². The summed E-state index contributed by atoms with van der Waals surface area (Å²) in [4.78, 5) is 0. The zero-order valence-corrected chi connectivity index (χ0v) is 24.0. The normalized spacial score (nSPS) is 22.2. The minimum absolute atomic E-state index is 0.224. The van der Waals surface area contributed by atoms with Gasteiger partial charge < -0.3 is 0 Å². The van der Waals surface area contributed by atoms with Gasteiger partial charge in [-0.15, -0.1) is 0 Å². The van der Waals surface area contributed by atoms with Crippen LogP contribution in [0.2, 0.25) is 0 Å². The van der Waals surface area contributed by atoms with Crippen LogP contribution in [0.4, 0.5) is 4.39 Å². The van der Waals surface area contributed by atoms with Crippen molar-refractivity contribution in [3.05, 3.63) is 130 Å². The van der Waals surface area contributed by atoms with Crippen molar-refractivity contribution in [1.29, 1.82) is 0 Å². The first-order valence-electron chi connectivity index (χ1n) is 15.0. The second kappa shape index (κ2) is 11.5. The van der Waals surface area contributed by atoms with Crippen LogP contribution in [-0.4, -0.2) is 0 Å². The summed E-state index contributed by atoms with van der Waals surface area (Å²) in [5, 5.41) is 0. The molecule has 1 heteroatoms. The lowest BCUT2D eigenvalue weighted by molar-refractivity contribution is 0.141. The van der Waals surface area contributed by atoms with Crippen molar-refractivity contribution in [2.75, 3.05) is 0 Å². The molecule has 0 saturated heterocycles. The summed E-state index contributed by atoms with van der Waals surface area (Å²) in [6.07, 6.45) is 8.02. The van der Waals surface area contributed by atoms with E-state index in [-0.39, 0.29) is 5.82 Å². The average molecular weight is 527 g/mol. The molecule has 0 heterocycles. The first-order chi connectivity index (χ1) is 19.4. The molecule has 0 aliphatic heterocycles. The third-order valence-corrected chi connectivity index (χ3v) is 9.56. The molecule has 0 nitrogen and oxygen atoms in total. The number of hydrogen-bond donors (Lipinski definition) is 0. The number of hydrogen-bond acceptors (Lipinski definition) is 0. The van der Waals surface area contributed by atoms with Crippen LogP contribution in [0.5, 0.6) is 0 Å². The van der Waals surface area contributed by atoms with Crippen molar-refractivity contribution in [3.8, 4) is 23.0 Å². The summed E-state index contributed by atoms with van der Waals surface area (Å²) >= 11 is 0. The van der Waals surface area contributed by atoms with Crippen LogP contribution in [0.3, 0.4) is 0 Å². The Morgan fingerprint density at radius 2 is 1.12 bits per heavy atom. The van der Waals surface area contributed by atoms with Gasteiger partial charge in [-0.1, -0.05) is 83.6 Å². The Morgan fingerprint density at radius 3 is 1.70 bits per heavy atom. The molecule has 0 bridgehead atoms. The van der Waals surface area contributed by atoms with Gasteiger partial charge in [-0.25, -0.2) is 4.39 Å². The molecule has 4 atom stereocenters. The second-order valence-electron chi connectivity index (χ2n) is 12.3. The SMILES string of the molecule is Cc1ccc(-c2cc(C)c(C#Cc3ccc(C4CCC5CC(c6ccc(C)cc6)CCC5C4)cc3)cc2F)cc1. The third-order valence-electron chi connectivity index (χ3n) is 9.56. The Labute approximate surface area is 239 Å².